The smallest absolute Gasteiger partial charge is 0.306 e. The van der Waals surface area contributed by atoms with E-state index in [9.17, 15) is 9.59 Å². The SMILES string of the molecule is CCCC(=O)O[C@@H]1CC2C[C@@H](OC(=O)CCC)c3cccc(C)c3C2c2c(C)cccc21. The van der Waals surface area contributed by atoms with Crippen molar-refractivity contribution >= 4 is 11.9 Å². The number of fused-ring (bicyclic) bond motifs is 5. The number of ether oxygens (including phenoxy) is 2. The van der Waals surface area contributed by atoms with Gasteiger partial charge in [-0.1, -0.05) is 50.2 Å². The predicted octanol–water partition coefficient (Wildman–Crippen LogP) is 6.63. The van der Waals surface area contributed by atoms with Gasteiger partial charge in [0.15, 0.2) is 0 Å². The first-order chi connectivity index (χ1) is 15.4. The van der Waals surface area contributed by atoms with Crippen LogP contribution in [0.15, 0.2) is 36.4 Å². The third-order valence-corrected chi connectivity index (χ3v) is 6.99. The minimum atomic E-state index is -0.247. The number of esters is 2. The largest absolute Gasteiger partial charge is 0.457 e. The summed E-state index contributed by atoms with van der Waals surface area (Å²) in [5.74, 6) is 0.198. The summed E-state index contributed by atoms with van der Waals surface area (Å²) in [5.41, 5.74) is 7.28. The van der Waals surface area contributed by atoms with Gasteiger partial charge >= 0.3 is 11.9 Å². The molecule has 0 unspecified atom stereocenters. The third-order valence-electron chi connectivity index (χ3n) is 6.99. The quantitative estimate of drug-likeness (QED) is 0.479. The molecule has 0 saturated carbocycles. The Kier molecular flexibility index (Phi) is 6.68. The second-order valence-electron chi connectivity index (χ2n) is 9.32. The van der Waals surface area contributed by atoms with E-state index >= 15 is 0 Å². The summed E-state index contributed by atoms with van der Waals surface area (Å²) in [6, 6.07) is 12.7. The first kappa shape index (κ1) is 22.6. The summed E-state index contributed by atoms with van der Waals surface area (Å²) >= 11 is 0. The van der Waals surface area contributed by atoms with E-state index in [-0.39, 0.29) is 36.0 Å². The topological polar surface area (TPSA) is 52.6 Å². The van der Waals surface area contributed by atoms with Crippen molar-refractivity contribution in [1.82, 2.24) is 0 Å². The van der Waals surface area contributed by atoms with Gasteiger partial charge in [-0.05, 0) is 78.8 Å². The monoisotopic (exact) mass is 434 g/mol. The highest BCUT2D eigenvalue weighted by molar-refractivity contribution is 5.70. The molecule has 0 aliphatic heterocycles. The lowest BCUT2D eigenvalue weighted by molar-refractivity contribution is -0.152. The van der Waals surface area contributed by atoms with Gasteiger partial charge in [0.2, 0.25) is 0 Å². The maximum absolute atomic E-state index is 12.4. The van der Waals surface area contributed by atoms with Crippen LogP contribution in [0.2, 0.25) is 0 Å². The molecular weight excluding hydrogens is 400 g/mol. The Hall–Kier alpha value is -2.62. The van der Waals surface area contributed by atoms with Crippen LogP contribution in [0.5, 0.6) is 0 Å². The van der Waals surface area contributed by atoms with Crippen molar-refractivity contribution in [3.63, 3.8) is 0 Å². The van der Waals surface area contributed by atoms with Crippen LogP contribution < -0.4 is 0 Å². The molecule has 0 aromatic heterocycles. The average molecular weight is 435 g/mol. The Morgan fingerprint density at radius 1 is 0.781 bits per heavy atom. The van der Waals surface area contributed by atoms with E-state index in [4.69, 9.17) is 9.47 Å². The van der Waals surface area contributed by atoms with Gasteiger partial charge < -0.3 is 9.47 Å². The molecule has 0 bridgehead atoms. The van der Waals surface area contributed by atoms with Gasteiger partial charge in [0.1, 0.15) is 12.2 Å². The molecule has 2 aliphatic rings. The minimum absolute atomic E-state index is 0.137. The van der Waals surface area contributed by atoms with Crippen LogP contribution in [0, 0.1) is 19.8 Å². The van der Waals surface area contributed by atoms with Gasteiger partial charge in [0.05, 0.1) is 0 Å². The average Bonchev–Trinajstić information content (AvgIpc) is 2.74. The molecule has 0 N–H and O–H groups in total. The van der Waals surface area contributed by atoms with Crippen LogP contribution in [0.1, 0.15) is 104 Å². The molecule has 0 saturated heterocycles. The number of carbonyl (C=O) groups excluding carboxylic acids is 2. The molecule has 0 heterocycles. The Morgan fingerprint density at radius 2 is 1.22 bits per heavy atom. The second-order valence-corrected chi connectivity index (χ2v) is 9.32. The van der Waals surface area contributed by atoms with Crippen molar-refractivity contribution in [3.8, 4) is 0 Å². The first-order valence-electron chi connectivity index (χ1n) is 12.0. The van der Waals surface area contributed by atoms with Gasteiger partial charge in [0, 0.05) is 18.8 Å². The summed E-state index contributed by atoms with van der Waals surface area (Å²) in [6.45, 7) is 8.29. The lowest BCUT2D eigenvalue weighted by atomic mass is 9.62. The Balaban J connectivity index is 1.80. The highest BCUT2D eigenvalue weighted by Gasteiger charge is 2.45. The zero-order valence-corrected chi connectivity index (χ0v) is 19.6. The van der Waals surface area contributed by atoms with Crippen molar-refractivity contribution in [2.75, 3.05) is 0 Å². The van der Waals surface area contributed by atoms with Gasteiger partial charge in [-0.15, -0.1) is 0 Å². The van der Waals surface area contributed by atoms with Crippen molar-refractivity contribution in [2.24, 2.45) is 5.92 Å². The number of benzene rings is 2. The van der Waals surface area contributed by atoms with Crippen molar-refractivity contribution in [3.05, 3.63) is 69.8 Å². The van der Waals surface area contributed by atoms with E-state index in [1.165, 1.54) is 22.3 Å². The van der Waals surface area contributed by atoms with Crippen LogP contribution >= 0.6 is 0 Å². The lowest BCUT2D eigenvalue weighted by Gasteiger charge is -2.45. The molecule has 2 aromatic carbocycles. The Morgan fingerprint density at radius 3 is 1.62 bits per heavy atom. The number of hydrogen-bond acceptors (Lipinski definition) is 4. The van der Waals surface area contributed by atoms with Crippen LogP contribution in [-0.2, 0) is 19.1 Å². The zero-order chi connectivity index (χ0) is 22.8. The van der Waals surface area contributed by atoms with Crippen LogP contribution in [0.4, 0.5) is 0 Å². The Labute approximate surface area is 191 Å². The predicted molar refractivity (Wildman–Crippen MR) is 124 cm³/mol. The first-order valence-corrected chi connectivity index (χ1v) is 12.0. The molecule has 2 atom stereocenters. The highest BCUT2D eigenvalue weighted by atomic mass is 16.5. The van der Waals surface area contributed by atoms with E-state index in [0.29, 0.717) is 12.8 Å². The number of rotatable bonds is 6. The van der Waals surface area contributed by atoms with E-state index < -0.39 is 0 Å². The lowest BCUT2D eigenvalue weighted by Crippen LogP contribution is -2.34. The molecule has 2 aromatic rings. The molecule has 0 radical (unpaired) electrons. The summed E-state index contributed by atoms with van der Waals surface area (Å²) in [7, 11) is 0. The van der Waals surface area contributed by atoms with Crippen molar-refractivity contribution in [1.29, 1.82) is 0 Å². The van der Waals surface area contributed by atoms with Gasteiger partial charge in [-0.25, -0.2) is 0 Å². The molecule has 4 heteroatoms. The van der Waals surface area contributed by atoms with E-state index in [0.717, 1.165) is 36.8 Å². The molecule has 0 spiro atoms. The number of aryl methyl sites for hydroxylation is 2. The van der Waals surface area contributed by atoms with Gasteiger partial charge in [0.25, 0.3) is 0 Å². The van der Waals surface area contributed by atoms with Gasteiger partial charge in [-0.3, -0.25) is 9.59 Å². The molecule has 4 rings (SSSR count). The zero-order valence-electron chi connectivity index (χ0n) is 19.6. The Bertz CT molecular complexity index is 929. The van der Waals surface area contributed by atoms with Crippen LogP contribution in [-0.4, -0.2) is 11.9 Å². The summed E-state index contributed by atoms with van der Waals surface area (Å²) in [5, 5.41) is 0. The molecule has 32 heavy (non-hydrogen) atoms. The van der Waals surface area contributed by atoms with Crippen LogP contribution in [0.25, 0.3) is 0 Å². The fraction of sp³-hybridized carbons (Fsp3) is 0.500. The fourth-order valence-electron chi connectivity index (χ4n) is 5.67. The maximum Gasteiger partial charge on any atom is 0.306 e. The van der Waals surface area contributed by atoms with E-state index in [1.807, 2.05) is 13.8 Å². The molecule has 2 aliphatic carbocycles. The number of hydrogen-bond donors (Lipinski definition) is 0. The van der Waals surface area contributed by atoms with Gasteiger partial charge in [-0.2, -0.15) is 0 Å². The highest BCUT2D eigenvalue weighted by Crippen LogP contribution is 2.55. The molecule has 0 fully saturated rings. The molecule has 170 valence electrons. The summed E-state index contributed by atoms with van der Waals surface area (Å²) < 4.78 is 12.0. The normalized spacial score (nSPS) is 23.5. The number of carbonyl (C=O) groups is 2. The molecule has 4 nitrogen and oxygen atoms in total. The van der Waals surface area contributed by atoms with Crippen molar-refractivity contribution < 1.29 is 19.1 Å². The van der Waals surface area contributed by atoms with E-state index in [2.05, 4.69) is 50.2 Å². The molecular formula is C28H34O4. The third kappa shape index (κ3) is 4.20. The maximum atomic E-state index is 12.4. The second kappa shape index (κ2) is 9.48. The van der Waals surface area contributed by atoms with Crippen LogP contribution in [0.3, 0.4) is 0 Å². The molecule has 0 amide bonds. The summed E-state index contributed by atoms with van der Waals surface area (Å²) in [6.07, 6.45) is 3.44. The minimum Gasteiger partial charge on any atom is -0.457 e. The van der Waals surface area contributed by atoms with E-state index in [1.54, 1.807) is 0 Å². The standard InChI is InChI=1S/C28H34O4/c1-5-9-24(29)31-22-15-19-16-23(32-25(30)10-6-2)21-14-8-12-18(4)27(21)28(19)26-17(3)11-7-13-20(22)26/h7-8,11-14,19,22-23,28H,5-6,9-10,15-16H2,1-4H3/t19?,22-,23-,28?/m1/s1. The summed E-state index contributed by atoms with van der Waals surface area (Å²) in [4.78, 5) is 24.8. The fourth-order valence-corrected chi connectivity index (χ4v) is 5.67. The van der Waals surface area contributed by atoms with Crippen molar-refractivity contribution in [2.45, 2.75) is 84.3 Å².